The van der Waals surface area contributed by atoms with E-state index < -0.39 is 0 Å². The van der Waals surface area contributed by atoms with Gasteiger partial charge in [0.25, 0.3) is 11.8 Å². The number of amides is 3. The van der Waals surface area contributed by atoms with Crippen molar-refractivity contribution in [3.63, 3.8) is 0 Å². The van der Waals surface area contributed by atoms with Crippen molar-refractivity contribution >= 4 is 17.7 Å². The van der Waals surface area contributed by atoms with E-state index >= 15 is 0 Å². The zero-order chi connectivity index (χ0) is 15.7. The molecule has 0 aliphatic carbocycles. The maximum Gasteiger partial charge on any atom is 0.262 e. The molecule has 5 nitrogen and oxygen atoms in total. The lowest BCUT2D eigenvalue weighted by Crippen LogP contribution is -2.43. The Balaban J connectivity index is 1.70. The van der Waals surface area contributed by atoms with Crippen LogP contribution >= 0.6 is 0 Å². The first kappa shape index (κ1) is 14.8. The lowest BCUT2D eigenvalue weighted by atomic mass is 10.0. The first-order chi connectivity index (χ1) is 10.6. The monoisotopic (exact) mass is 300 g/mol. The topological polar surface area (TPSA) is 57.7 Å². The Kier molecular flexibility index (Phi) is 3.96. The van der Waals surface area contributed by atoms with E-state index in [4.69, 9.17) is 0 Å². The summed E-state index contributed by atoms with van der Waals surface area (Å²) in [5.74, 6) is -0.241. The molecule has 2 heterocycles. The van der Waals surface area contributed by atoms with Crippen molar-refractivity contribution in [3.8, 4) is 0 Å². The molecular weight excluding hydrogens is 280 g/mol. The average Bonchev–Trinajstić information content (AvgIpc) is 2.69. The second-order valence-electron chi connectivity index (χ2n) is 6.16. The molecule has 22 heavy (non-hydrogen) atoms. The predicted molar refractivity (Wildman–Crippen MR) is 81.4 cm³/mol. The minimum absolute atomic E-state index is 0.136. The van der Waals surface area contributed by atoms with Crippen molar-refractivity contribution < 1.29 is 14.4 Å². The molecule has 116 valence electrons. The fourth-order valence-corrected chi connectivity index (χ4v) is 3.13. The van der Waals surface area contributed by atoms with Gasteiger partial charge in [0.15, 0.2) is 0 Å². The van der Waals surface area contributed by atoms with Crippen LogP contribution in [0.1, 0.15) is 46.9 Å². The maximum atomic E-state index is 12.4. The molecule has 1 aromatic carbocycles. The Labute approximate surface area is 129 Å². The third-order valence-electron chi connectivity index (χ3n) is 4.54. The normalized spacial score (nSPS) is 21.8. The standard InChI is InChI=1S/C17H20N2O3/c1-12-5-4-9-18(10-8-12)15(20)11-19-16(21)13-6-2-3-7-14(13)17(19)22/h2-3,6-7,12H,4-5,8-11H2,1H3. The Morgan fingerprint density at radius 3 is 2.36 bits per heavy atom. The molecule has 0 bridgehead atoms. The van der Waals surface area contributed by atoms with Gasteiger partial charge in [0, 0.05) is 13.1 Å². The van der Waals surface area contributed by atoms with E-state index in [1.165, 1.54) is 0 Å². The number of rotatable bonds is 2. The van der Waals surface area contributed by atoms with Crippen LogP contribution in [0.2, 0.25) is 0 Å². The molecule has 0 saturated carbocycles. The van der Waals surface area contributed by atoms with Gasteiger partial charge in [-0.1, -0.05) is 19.1 Å². The predicted octanol–water partition coefficient (Wildman–Crippen LogP) is 1.93. The van der Waals surface area contributed by atoms with Crippen molar-refractivity contribution in [2.75, 3.05) is 19.6 Å². The molecule has 1 fully saturated rings. The minimum atomic E-state index is -0.364. The third-order valence-corrected chi connectivity index (χ3v) is 4.54. The zero-order valence-corrected chi connectivity index (χ0v) is 12.7. The second-order valence-corrected chi connectivity index (χ2v) is 6.16. The number of imide groups is 1. The van der Waals surface area contributed by atoms with E-state index in [9.17, 15) is 14.4 Å². The van der Waals surface area contributed by atoms with E-state index in [0.717, 1.165) is 24.2 Å². The van der Waals surface area contributed by atoms with E-state index in [-0.39, 0.29) is 24.3 Å². The van der Waals surface area contributed by atoms with Crippen LogP contribution in [0.4, 0.5) is 0 Å². The van der Waals surface area contributed by atoms with Crippen LogP contribution in [0.25, 0.3) is 0 Å². The van der Waals surface area contributed by atoms with E-state index in [2.05, 4.69) is 6.92 Å². The number of carbonyl (C=O) groups excluding carboxylic acids is 3. The fourth-order valence-electron chi connectivity index (χ4n) is 3.13. The number of carbonyl (C=O) groups is 3. The number of hydrogen-bond acceptors (Lipinski definition) is 3. The zero-order valence-electron chi connectivity index (χ0n) is 12.7. The Hall–Kier alpha value is -2.17. The van der Waals surface area contributed by atoms with Crippen LogP contribution in [-0.2, 0) is 4.79 Å². The molecule has 1 aromatic rings. The average molecular weight is 300 g/mol. The smallest absolute Gasteiger partial charge is 0.262 e. The van der Waals surface area contributed by atoms with Gasteiger partial charge in [-0.3, -0.25) is 19.3 Å². The maximum absolute atomic E-state index is 12.4. The first-order valence-electron chi connectivity index (χ1n) is 7.81. The summed E-state index contributed by atoms with van der Waals surface area (Å²) in [6, 6.07) is 6.72. The van der Waals surface area contributed by atoms with Gasteiger partial charge in [0.05, 0.1) is 11.1 Å². The number of benzene rings is 1. The van der Waals surface area contributed by atoms with Gasteiger partial charge in [-0.05, 0) is 37.3 Å². The Morgan fingerprint density at radius 1 is 1.09 bits per heavy atom. The molecule has 0 radical (unpaired) electrons. The van der Waals surface area contributed by atoms with E-state index in [0.29, 0.717) is 30.1 Å². The summed E-state index contributed by atoms with van der Waals surface area (Å²) < 4.78 is 0. The van der Waals surface area contributed by atoms with Gasteiger partial charge in [-0.25, -0.2) is 0 Å². The third kappa shape index (κ3) is 2.63. The molecule has 2 aliphatic rings. The lowest BCUT2D eigenvalue weighted by Gasteiger charge is -2.23. The SMILES string of the molecule is CC1CCCN(C(=O)CN2C(=O)c3ccccc3C2=O)CC1. The number of fused-ring (bicyclic) bond motifs is 1. The molecule has 1 saturated heterocycles. The van der Waals surface area contributed by atoms with Gasteiger partial charge in [-0.15, -0.1) is 0 Å². The molecule has 3 rings (SSSR count). The van der Waals surface area contributed by atoms with Crippen LogP contribution in [0.3, 0.4) is 0 Å². The van der Waals surface area contributed by atoms with Crippen molar-refractivity contribution in [2.24, 2.45) is 5.92 Å². The Bertz CT molecular complexity index is 591. The molecule has 3 amide bonds. The van der Waals surface area contributed by atoms with Crippen LogP contribution in [0, 0.1) is 5.92 Å². The second kappa shape index (κ2) is 5.91. The summed E-state index contributed by atoms with van der Waals surface area (Å²) in [5.41, 5.74) is 0.787. The van der Waals surface area contributed by atoms with Crippen molar-refractivity contribution in [2.45, 2.75) is 26.2 Å². The highest BCUT2D eigenvalue weighted by Crippen LogP contribution is 2.23. The summed E-state index contributed by atoms with van der Waals surface area (Å²) >= 11 is 0. The minimum Gasteiger partial charge on any atom is -0.341 e. The summed E-state index contributed by atoms with van der Waals surface area (Å²) in [7, 11) is 0. The molecule has 0 aromatic heterocycles. The summed E-state index contributed by atoms with van der Waals surface area (Å²) in [6.45, 7) is 3.47. The van der Waals surface area contributed by atoms with Crippen molar-refractivity contribution in [3.05, 3.63) is 35.4 Å². The van der Waals surface area contributed by atoms with E-state index in [1.54, 1.807) is 29.2 Å². The van der Waals surface area contributed by atoms with Crippen molar-refractivity contribution in [1.82, 2.24) is 9.80 Å². The summed E-state index contributed by atoms with van der Waals surface area (Å²) in [6.07, 6.45) is 3.08. The summed E-state index contributed by atoms with van der Waals surface area (Å²) in [4.78, 5) is 39.9. The highest BCUT2D eigenvalue weighted by atomic mass is 16.2. The fraction of sp³-hybridized carbons (Fsp3) is 0.471. The molecule has 0 spiro atoms. The molecule has 0 N–H and O–H groups in total. The van der Waals surface area contributed by atoms with Gasteiger partial charge in [0.2, 0.25) is 5.91 Å². The van der Waals surface area contributed by atoms with Crippen molar-refractivity contribution in [1.29, 1.82) is 0 Å². The molecule has 1 atom stereocenters. The summed E-state index contributed by atoms with van der Waals surface area (Å²) in [5, 5.41) is 0. The van der Waals surface area contributed by atoms with Gasteiger partial charge < -0.3 is 4.90 Å². The van der Waals surface area contributed by atoms with Gasteiger partial charge in [0.1, 0.15) is 6.54 Å². The lowest BCUT2D eigenvalue weighted by molar-refractivity contribution is -0.131. The number of likely N-dealkylation sites (tertiary alicyclic amines) is 1. The van der Waals surface area contributed by atoms with Crippen LogP contribution < -0.4 is 0 Å². The molecule has 1 unspecified atom stereocenters. The number of nitrogens with zero attached hydrogens (tertiary/aromatic N) is 2. The highest BCUT2D eigenvalue weighted by Gasteiger charge is 2.37. The van der Waals surface area contributed by atoms with Crippen LogP contribution in [-0.4, -0.2) is 47.2 Å². The first-order valence-corrected chi connectivity index (χ1v) is 7.81. The van der Waals surface area contributed by atoms with Crippen LogP contribution in [0.15, 0.2) is 24.3 Å². The van der Waals surface area contributed by atoms with Crippen LogP contribution in [0.5, 0.6) is 0 Å². The molecular formula is C17H20N2O3. The van der Waals surface area contributed by atoms with E-state index in [1.807, 2.05) is 0 Å². The molecule has 5 heteroatoms. The Morgan fingerprint density at radius 2 is 1.73 bits per heavy atom. The highest BCUT2D eigenvalue weighted by molar-refractivity contribution is 6.22. The quantitative estimate of drug-likeness (QED) is 0.784. The number of hydrogen-bond donors (Lipinski definition) is 0. The molecule has 2 aliphatic heterocycles. The largest absolute Gasteiger partial charge is 0.341 e. The van der Waals surface area contributed by atoms with Gasteiger partial charge in [-0.2, -0.15) is 0 Å². The van der Waals surface area contributed by atoms with Gasteiger partial charge >= 0.3 is 0 Å².